The topological polar surface area (TPSA) is 175 Å². The summed E-state index contributed by atoms with van der Waals surface area (Å²) in [5, 5.41) is 31.5. The molecule has 1 saturated heterocycles. The van der Waals surface area contributed by atoms with Gasteiger partial charge in [-0.15, -0.1) is 0 Å². The van der Waals surface area contributed by atoms with Crippen LogP contribution in [0.15, 0.2) is 109 Å². The largest absolute Gasteiger partial charge is 0.479 e. The minimum Gasteiger partial charge on any atom is -0.479 e. The third-order valence-corrected chi connectivity index (χ3v) is 12.8. The van der Waals surface area contributed by atoms with Gasteiger partial charge in [-0.1, -0.05) is 207 Å². The molecule has 0 radical (unpaired) electrons. The van der Waals surface area contributed by atoms with Gasteiger partial charge < -0.3 is 39.0 Å². The number of hydrogen-bond acceptors (Lipinski definition) is 11. The van der Waals surface area contributed by atoms with E-state index in [1.807, 2.05) is 12.2 Å². The minimum absolute atomic E-state index is 0.00490. The normalized spacial score (nSPS) is 18.8. The van der Waals surface area contributed by atoms with Crippen LogP contribution in [0.3, 0.4) is 0 Å². The molecule has 0 aliphatic carbocycles. The van der Waals surface area contributed by atoms with E-state index < -0.39 is 67.3 Å². The van der Waals surface area contributed by atoms with Gasteiger partial charge in [0.05, 0.1) is 6.61 Å². The quantitative estimate of drug-likeness (QED) is 0.0228. The Hall–Kier alpha value is -4.62. The lowest BCUT2D eigenvalue weighted by atomic mass is 9.98. The van der Waals surface area contributed by atoms with Gasteiger partial charge in [-0.05, 0) is 109 Å². The van der Waals surface area contributed by atoms with E-state index in [1.165, 1.54) is 83.5 Å². The second-order valence-corrected chi connectivity index (χ2v) is 19.9. The SMILES string of the molecule is CC/C=C\C/C=C\C/C=C\C/C=C\CCCCC(=O)OC1C(OCC(COC(=O)CCCCCCCCCCC/C=C\CCCCCCCC)OC(=O)CC/C=C\C/C=C\C/C=C\C/C=C\CC)OC(C(=O)O)C(O)C1O. The van der Waals surface area contributed by atoms with Crippen molar-refractivity contribution in [3.05, 3.63) is 109 Å². The highest BCUT2D eigenvalue weighted by Gasteiger charge is 2.50. The zero-order valence-corrected chi connectivity index (χ0v) is 47.9. The maximum Gasteiger partial charge on any atom is 0.335 e. The maximum atomic E-state index is 13.1. The molecular weight excluding hydrogens is 973 g/mol. The lowest BCUT2D eigenvalue weighted by molar-refractivity contribution is -0.301. The number of allylic oxidation sites excluding steroid dienone is 18. The van der Waals surface area contributed by atoms with Crippen molar-refractivity contribution in [2.75, 3.05) is 13.2 Å². The fourth-order valence-electron chi connectivity index (χ4n) is 8.31. The highest BCUT2D eigenvalue weighted by Crippen LogP contribution is 2.26. The van der Waals surface area contributed by atoms with Gasteiger partial charge in [0.25, 0.3) is 0 Å². The standard InChI is InChI=1S/C65H104O12/c1-4-7-10-13-16-19-22-25-27-28-29-30-32-34-36-39-42-45-48-51-57(66)73-54-56(75-58(67)52-49-46-43-40-37-33-24-21-18-15-12-9-6-3)55-74-65-63(61(70)60(69)62(77-65)64(71)72)76-59(68)53-50-47-44-41-38-35-31-26-23-20-17-14-11-8-5-2/h8-9,11-12,17-18,20-21,25-27,31,33,37-38,41,43,46,56,60-63,65,69-70H,4-7,10,13-16,19,22-24,28-30,32,34-36,39-40,42,44-45,47-55H2,1-3H3,(H,71,72)/b11-8-,12-9-,20-17-,21-18-,27-25-,31-26-,37-33-,41-38-,46-43-. The zero-order valence-electron chi connectivity index (χ0n) is 47.9. The van der Waals surface area contributed by atoms with Crippen molar-refractivity contribution >= 4 is 23.9 Å². The Morgan fingerprint density at radius 3 is 1.34 bits per heavy atom. The van der Waals surface area contributed by atoms with E-state index in [2.05, 4.69) is 118 Å². The van der Waals surface area contributed by atoms with Gasteiger partial charge in [0.1, 0.15) is 18.8 Å². The van der Waals surface area contributed by atoms with Crippen LogP contribution in [-0.2, 0) is 42.9 Å². The first kappa shape index (κ1) is 70.4. The van der Waals surface area contributed by atoms with Crippen LogP contribution in [0.4, 0.5) is 0 Å². The van der Waals surface area contributed by atoms with Crippen molar-refractivity contribution in [1.29, 1.82) is 0 Å². The van der Waals surface area contributed by atoms with Gasteiger partial charge in [0.15, 0.2) is 24.6 Å². The highest BCUT2D eigenvalue weighted by molar-refractivity contribution is 5.74. The van der Waals surface area contributed by atoms with Gasteiger partial charge in [0.2, 0.25) is 0 Å². The average molecular weight is 1080 g/mol. The van der Waals surface area contributed by atoms with E-state index in [1.54, 1.807) is 0 Å². The molecule has 0 saturated carbocycles. The summed E-state index contributed by atoms with van der Waals surface area (Å²) in [5.41, 5.74) is 0. The molecule has 6 atom stereocenters. The van der Waals surface area contributed by atoms with Gasteiger partial charge in [0, 0.05) is 19.3 Å². The third kappa shape index (κ3) is 42.1. The molecule has 0 bridgehead atoms. The molecule has 1 fully saturated rings. The lowest BCUT2D eigenvalue weighted by Crippen LogP contribution is -2.61. The van der Waals surface area contributed by atoms with Crippen LogP contribution in [0.2, 0.25) is 0 Å². The first-order chi connectivity index (χ1) is 37.6. The van der Waals surface area contributed by atoms with Crippen molar-refractivity contribution in [3.8, 4) is 0 Å². The number of hydrogen-bond donors (Lipinski definition) is 3. The van der Waals surface area contributed by atoms with Gasteiger partial charge >= 0.3 is 23.9 Å². The predicted molar refractivity (Wildman–Crippen MR) is 312 cm³/mol. The highest BCUT2D eigenvalue weighted by atomic mass is 16.7. The maximum absolute atomic E-state index is 13.1. The van der Waals surface area contributed by atoms with E-state index in [4.69, 9.17) is 23.7 Å². The molecule has 0 aromatic carbocycles. The Morgan fingerprint density at radius 1 is 0.442 bits per heavy atom. The molecule has 0 amide bonds. The van der Waals surface area contributed by atoms with Crippen LogP contribution in [0.25, 0.3) is 0 Å². The van der Waals surface area contributed by atoms with Gasteiger partial charge in [-0.25, -0.2) is 4.79 Å². The number of carboxylic acids is 1. The minimum atomic E-state index is -1.93. The molecule has 436 valence electrons. The number of carbonyl (C=O) groups excluding carboxylic acids is 3. The summed E-state index contributed by atoms with van der Waals surface area (Å²) in [6.45, 7) is 5.67. The number of ether oxygens (including phenoxy) is 5. The second-order valence-electron chi connectivity index (χ2n) is 19.9. The summed E-state index contributed by atoms with van der Waals surface area (Å²) in [6.07, 6.45) is 58.0. The van der Waals surface area contributed by atoms with Crippen LogP contribution < -0.4 is 0 Å². The molecule has 0 spiro atoms. The third-order valence-electron chi connectivity index (χ3n) is 12.8. The van der Waals surface area contributed by atoms with E-state index >= 15 is 0 Å². The Kier molecular flexibility index (Phi) is 47.6. The number of unbranched alkanes of at least 4 members (excludes halogenated alkanes) is 17. The number of esters is 3. The van der Waals surface area contributed by atoms with E-state index in [0.29, 0.717) is 32.1 Å². The Labute approximate surface area is 465 Å². The average Bonchev–Trinajstić information content (AvgIpc) is 3.42. The van der Waals surface area contributed by atoms with Gasteiger partial charge in [-0.2, -0.15) is 0 Å². The summed E-state index contributed by atoms with van der Waals surface area (Å²) in [5.74, 6) is -3.30. The summed E-state index contributed by atoms with van der Waals surface area (Å²) >= 11 is 0. The molecule has 1 aliphatic heterocycles. The molecule has 1 rings (SSSR count). The van der Waals surface area contributed by atoms with Crippen molar-refractivity contribution in [2.45, 2.75) is 263 Å². The summed E-state index contributed by atoms with van der Waals surface area (Å²) < 4.78 is 28.3. The number of carboxylic acid groups (broad SMARTS) is 1. The number of aliphatic carboxylic acids is 1. The molecule has 6 unspecified atom stereocenters. The zero-order chi connectivity index (χ0) is 56.1. The van der Waals surface area contributed by atoms with Crippen LogP contribution in [0.1, 0.15) is 226 Å². The molecule has 3 N–H and O–H groups in total. The molecule has 12 nitrogen and oxygen atoms in total. The summed E-state index contributed by atoms with van der Waals surface area (Å²) in [4.78, 5) is 51.1. The molecular formula is C65H104O12. The number of aliphatic hydroxyl groups is 2. The number of rotatable bonds is 49. The van der Waals surface area contributed by atoms with Crippen molar-refractivity contribution in [2.24, 2.45) is 0 Å². The number of carbonyl (C=O) groups is 4. The Morgan fingerprint density at radius 2 is 0.844 bits per heavy atom. The second kappa shape index (κ2) is 52.1. The van der Waals surface area contributed by atoms with Crippen LogP contribution in [-0.4, -0.2) is 89.2 Å². The fraction of sp³-hybridized carbons (Fsp3) is 0.662. The molecule has 1 heterocycles. The first-order valence-corrected chi connectivity index (χ1v) is 29.9. The monoisotopic (exact) mass is 1080 g/mol. The Balaban J connectivity index is 2.73. The van der Waals surface area contributed by atoms with Crippen molar-refractivity contribution < 1.29 is 58.2 Å². The molecule has 0 aromatic rings. The Bertz CT molecular complexity index is 1750. The van der Waals surface area contributed by atoms with Crippen molar-refractivity contribution in [3.63, 3.8) is 0 Å². The lowest BCUT2D eigenvalue weighted by Gasteiger charge is -2.40. The molecule has 1 aliphatic rings. The summed E-state index contributed by atoms with van der Waals surface area (Å²) in [6, 6.07) is 0. The number of aliphatic hydroxyl groups excluding tert-OH is 2. The fourth-order valence-corrected chi connectivity index (χ4v) is 8.31. The van der Waals surface area contributed by atoms with E-state index in [-0.39, 0.29) is 25.9 Å². The molecule has 0 aromatic heterocycles. The van der Waals surface area contributed by atoms with Crippen LogP contribution in [0.5, 0.6) is 0 Å². The summed E-state index contributed by atoms with van der Waals surface area (Å²) in [7, 11) is 0. The molecule has 77 heavy (non-hydrogen) atoms. The predicted octanol–water partition coefficient (Wildman–Crippen LogP) is 15.4. The van der Waals surface area contributed by atoms with Gasteiger partial charge in [-0.3, -0.25) is 14.4 Å². The van der Waals surface area contributed by atoms with E-state index in [0.717, 1.165) is 70.6 Å². The van der Waals surface area contributed by atoms with Crippen LogP contribution in [0, 0.1) is 0 Å². The van der Waals surface area contributed by atoms with Crippen LogP contribution >= 0.6 is 0 Å². The first-order valence-electron chi connectivity index (χ1n) is 29.9. The smallest absolute Gasteiger partial charge is 0.335 e. The molecule has 12 heteroatoms. The van der Waals surface area contributed by atoms with Crippen molar-refractivity contribution in [1.82, 2.24) is 0 Å². The van der Waals surface area contributed by atoms with E-state index in [9.17, 15) is 34.5 Å².